The molecule has 2 rings (SSSR count). The second kappa shape index (κ2) is 8.31. The molecule has 1 aliphatic heterocycles. The van der Waals surface area contributed by atoms with Crippen LogP contribution in [0, 0.1) is 13.8 Å². The van der Waals surface area contributed by atoms with Crippen LogP contribution < -0.4 is 4.74 Å². The molecule has 1 aromatic rings. The van der Waals surface area contributed by atoms with Crippen LogP contribution in [0.4, 0.5) is 0 Å². The molecule has 0 radical (unpaired) electrons. The lowest BCUT2D eigenvalue weighted by molar-refractivity contribution is 0.221. The number of likely N-dealkylation sites (tertiary alicyclic amines) is 1. The van der Waals surface area contributed by atoms with E-state index in [1.165, 1.54) is 69.3 Å². The molecule has 0 unspecified atom stereocenters. The van der Waals surface area contributed by atoms with E-state index in [0.29, 0.717) is 0 Å². The van der Waals surface area contributed by atoms with Crippen molar-refractivity contribution in [3.05, 3.63) is 29.3 Å². The maximum absolute atomic E-state index is 5.82. The lowest BCUT2D eigenvalue weighted by Crippen LogP contribution is -2.30. The highest BCUT2D eigenvalue weighted by molar-refractivity contribution is 5.33. The normalized spacial score (nSPS) is 16.3. The van der Waals surface area contributed by atoms with E-state index < -0.39 is 0 Å². The minimum absolute atomic E-state index is 0.850. The molecule has 0 atom stereocenters. The summed E-state index contributed by atoms with van der Waals surface area (Å²) in [7, 11) is 0. The highest BCUT2D eigenvalue weighted by Gasteiger charge is 2.08. The molecule has 0 amide bonds. The first-order valence-corrected chi connectivity index (χ1v) is 8.18. The standard InChI is InChI=1S/C18H29NO/c1-16-9-10-18(15-17(16)2)20-14-8-4-7-13-19-11-5-3-6-12-19/h9-10,15H,3-8,11-14H2,1-2H3. The van der Waals surface area contributed by atoms with Crippen LogP contribution in [0.2, 0.25) is 0 Å². The molecule has 0 bridgehead atoms. The third-order valence-electron chi connectivity index (χ3n) is 4.31. The van der Waals surface area contributed by atoms with Crippen LogP contribution in [0.3, 0.4) is 0 Å². The fraction of sp³-hybridized carbons (Fsp3) is 0.667. The summed E-state index contributed by atoms with van der Waals surface area (Å²) in [5.74, 6) is 1.02. The van der Waals surface area contributed by atoms with E-state index in [-0.39, 0.29) is 0 Å². The summed E-state index contributed by atoms with van der Waals surface area (Å²) in [5.41, 5.74) is 2.64. The van der Waals surface area contributed by atoms with E-state index in [1.54, 1.807) is 0 Å². The van der Waals surface area contributed by atoms with Gasteiger partial charge in [-0.05, 0) is 88.8 Å². The van der Waals surface area contributed by atoms with E-state index in [2.05, 4.69) is 36.9 Å². The Labute approximate surface area is 124 Å². The Morgan fingerprint density at radius 3 is 2.50 bits per heavy atom. The van der Waals surface area contributed by atoms with E-state index in [1.807, 2.05) is 0 Å². The maximum atomic E-state index is 5.82. The molecule has 1 aliphatic rings. The van der Waals surface area contributed by atoms with E-state index in [0.717, 1.165) is 12.4 Å². The van der Waals surface area contributed by atoms with Gasteiger partial charge in [-0.1, -0.05) is 12.5 Å². The Morgan fingerprint density at radius 2 is 1.75 bits per heavy atom. The topological polar surface area (TPSA) is 12.5 Å². The van der Waals surface area contributed by atoms with Gasteiger partial charge in [-0.2, -0.15) is 0 Å². The van der Waals surface area contributed by atoms with Crippen molar-refractivity contribution in [2.24, 2.45) is 0 Å². The first-order chi connectivity index (χ1) is 9.75. The molecule has 0 saturated carbocycles. The zero-order chi connectivity index (χ0) is 14.2. The SMILES string of the molecule is Cc1ccc(OCCCCCN2CCCCC2)cc1C. The molecule has 0 N–H and O–H groups in total. The van der Waals surface area contributed by atoms with Gasteiger partial charge in [-0.15, -0.1) is 0 Å². The molecule has 1 aromatic carbocycles. The number of benzene rings is 1. The first kappa shape index (κ1) is 15.4. The number of piperidine rings is 1. The van der Waals surface area contributed by atoms with Crippen LogP contribution in [0.15, 0.2) is 18.2 Å². The van der Waals surface area contributed by atoms with Crippen molar-refractivity contribution >= 4 is 0 Å². The van der Waals surface area contributed by atoms with Crippen molar-refractivity contribution in [2.75, 3.05) is 26.2 Å². The summed E-state index contributed by atoms with van der Waals surface area (Å²) in [6.45, 7) is 9.05. The Balaban J connectivity index is 1.53. The van der Waals surface area contributed by atoms with Gasteiger partial charge in [-0.25, -0.2) is 0 Å². The predicted molar refractivity (Wildman–Crippen MR) is 85.6 cm³/mol. The average molecular weight is 275 g/mol. The van der Waals surface area contributed by atoms with Crippen LogP contribution in [0.1, 0.15) is 49.7 Å². The van der Waals surface area contributed by atoms with Gasteiger partial charge in [0.1, 0.15) is 5.75 Å². The summed E-state index contributed by atoms with van der Waals surface area (Å²) in [5, 5.41) is 0. The smallest absolute Gasteiger partial charge is 0.119 e. The molecule has 1 heterocycles. The summed E-state index contributed by atoms with van der Waals surface area (Å²) >= 11 is 0. The summed E-state index contributed by atoms with van der Waals surface area (Å²) in [6, 6.07) is 6.36. The number of aryl methyl sites for hydroxylation is 2. The number of unbranched alkanes of at least 4 members (excludes halogenated alkanes) is 2. The largest absolute Gasteiger partial charge is 0.494 e. The maximum Gasteiger partial charge on any atom is 0.119 e. The average Bonchev–Trinajstić information content (AvgIpc) is 2.47. The van der Waals surface area contributed by atoms with Crippen molar-refractivity contribution in [3.8, 4) is 5.75 Å². The Kier molecular flexibility index (Phi) is 6.38. The number of hydrogen-bond acceptors (Lipinski definition) is 2. The molecular formula is C18H29NO. The van der Waals surface area contributed by atoms with Crippen LogP contribution >= 0.6 is 0 Å². The van der Waals surface area contributed by atoms with E-state index >= 15 is 0 Å². The summed E-state index contributed by atoms with van der Waals surface area (Å²) in [6.07, 6.45) is 7.99. The van der Waals surface area contributed by atoms with Crippen LogP contribution in [-0.4, -0.2) is 31.1 Å². The van der Waals surface area contributed by atoms with Gasteiger partial charge in [-0.3, -0.25) is 0 Å². The van der Waals surface area contributed by atoms with Gasteiger partial charge in [0.25, 0.3) is 0 Å². The van der Waals surface area contributed by atoms with Gasteiger partial charge in [0.2, 0.25) is 0 Å². The van der Waals surface area contributed by atoms with Crippen molar-refractivity contribution < 1.29 is 4.74 Å². The van der Waals surface area contributed by atoms with Gasteiger partial charge >= 0.3 is 0 Å². The molecule has 1 fully saturated rings. The van der Waals surface area contributed by atoms with E-state index in [9.17, 15) is 0 Å². The Bertz CT molecular complexity index is 396. The number of ether oxygens (including phenoxy) is 1. The molecule has 0 aliphatic carbocycles. The minimum atomic E-state index is 0.850. The highest BCUT2D eigenvalue weighted by atomic mass is 16.5. The molecule has 2 nitrogen and oxygen atoms in total. The zero-order valence-electron chi connectivity index (χ0n) is 13.2. The van der Waals surface area contributed by atoms with E-state index in [4.69, 9.17) is 4.74 Å². The van der Waals surface area contributed by atoms with Crippen LogP contribution in [-0.2, 0) is 0 Å². The van der Waals surface area contributed by atoms with Crippen molar-refractivity contribution in [1.29, 1.82) is 0 Å². The predicted octanol–water partition coefficient (Wildman–Crippen LogP) is 4.34. The Morgan fingerprint density at radius 1 is 0.950 bits per heavy atom. The molecule has 0 spiro atoms. The second-order valence-electron chi connectivity index (χ2n) is 6.06. The monoisotopic (exact) mass is 275 g/mol. The van der Waals surface area contributed by atoms with Crippen LogP contribution in [0.5, 0.6) is 5.75 Å². The third kappa shape index (κ3) is 5.16. The number of nitrogens with zero attached hydrogens (tertiary/aromatic N) is 1. The molecule has 2 heteroatoms. The van der Waals surface area contributed by atoms with Crippen molar-refractivity contribution in [3.63, 3.8) is 0 Å². The van der Waals surface area contributed by atoms with Gasteiger partial charge in [0.15, 0.2) is 0 Å². The lowest BCUT2D eigenvalue weighted by atomic mass is 10.1. The second-order valence-corrected chi connectivity index (χ2v) is 6.06. The Hall–Kier alpha value is -1.02. The fourth-order valence-electron chi connectivity index (χ4n) is 2.79. The van der Waals surface area contributed by atoms with Crippen molar-refractivity contribution in [1.82, 2.24) is 4.90 Å². The van der Waals surface area contributed by atoms with Gasteiger partial charge < -0.3 is 9.64 Å². The quantitative estimate of drug-likeness (QED) is 0.686. The van der Waals surface area contributed by atoms with Crippen LogP contribution in [0.25, 0.3) is 0 Å². The summed E-state index contributed by atoms with van der Waals surface area (Å²) < 4.78 is 5.82. The fourth-order valence-corrected chi connectivity index (χ4v) is 2.79. The molecule has 112 valence electrons. The minimum Gasteiger partial charge on any atom is -0.494 e. The summed E-state index contributed by atoms with van der Waals surface area (Å²) in [4.78, 5) is 2.62. The van der Waals surface area contributed by atoms with Gasteiger partial charge in [0, 0.05) is 0 Å². The lowest BCUT2D eigenvalue weighted by Gasteiger charge is -2.26. The number of rotatable bonds is 7. The molecular weight excluding hydrogens is 246 g/mol. The molecule has 20 heavy (non-hydrogen) atoms. The van der Waals surface area contributed by atoms with Crippen molar-refractivity contribution in [2.45, 2.75) is 52.4 Å². The third-order valence-corrected chi connectivity index (χ3v) is 4.31. The zero-order valence-corrected chi connectivity index (χ0v) is 13.2. The first-order valence-electron chi connectivity index (χ1n) is 8.18. The van der Waals surface area contributed by atoms with Gasteiger partial charge in [0.05, 0.1) is 6.61 Å². The molecule has 0 aromatic heterocycles. The highest BCUT2D eigenvalue weighted by Crippen LogP contribution is 2.17. The number of hydrogen-bond donors (Lipinski definition) is 0. The molecule has 1 saturated heterocycles.